The molecule has 0 radical (unpaired) electrons. The molecule has 0 amide bonds. The number of aromatic nitrogens is 2. The zero-order chi connectivity index (χ0) is 11.4. The maximum absolute atomic E-state index is 5.69. The van der Waals surface area contributed by atoms with Crippen molar-refractivity contribution in [1.82, 2.24) is 14.9 Å². The van der Waals surface area contributed by atoms with Gasteiger partial charge in [-0.2, -0.15) is 0 Å². The lowest BCUT2D eigenvalue weighted by Gasteiger charge is -2.30. The maximum Gasteiger partial charge on any atom is 0.147 e. The highest BCUT2D eigenvalue weighted by Crippen LogP contribution is 2.14. The van der Waals surface area contributed by atoms with Crippen LogP contribution in [0.2, 0.25) is 5.15 Å². The predicted molar refractivity (Wildman–Crippen MR) is 62.4 cm³/mol. The Morgan fingerprint density at radius 2 is 2.12 bits per heavy atom. The Balaban J connectivity index is 1.90. The average Bonchev–Trinajstić information content (AvgIpc) is 2.33. The summed E-state index contributed by atoms with van der Waals surface area (Å²) in [6.45, 7) is 2.54. The zero-order valence-electron chi connectivity index (χ0n) is 9.40. The van der Waals surface area contributed by atoms with Crippen LogP contribution in [0, 0.1) is 0 Å². The predicted octanol–water partition coefficient (Wildman–Crippen LogP) is 1.74. The molecule has 16 heavy (non-hydrogen) atoms. The van der Waals surface area contributed by atoms with Crippen molar-refractivity contribution < 1.29 is 4.74 Å². The number of ether oxygens (including phenoxy) is 1. The SMILES string of the molecule is CN(Cc1cnc(Cl)cn1)C1CCOCC1. The van der Waals surface area contributed by atoms with E-state index in [1.54, 1.807) is 12.4 Å². The molecule has 88 valence electrons. The maximum atomic E-state index is 5.69. The van der Waals surface area contributed by atoms with Crippen LogP contribution in [0.5, 0.6) is 0 Å². The van der Waals surface area contributed by atoms with E-state index < -0.39 is 0 Å². The molecule has 0 saturated carbocycles. The minimum absolute atomic E-state index is 0.442. The number of hydrogen-bond acceptors (Lipinski definition) is 4. The number of halogens is 1. The van der Waals surface area contributed by atoms with E-state index in [2.05, 4.69) is 21.9 Å². The first-order valence-electron chi connectivity index (χ1n) is 5.50. The van der Waals surface area contributed by atoms with Gasteiger partial charge in [0.1, 0.15) is 5.15 Å². The lowest BCUT2D eigenvalue weighted by molar-refractivity contribution is 0.0403. The molecular weight excluding hydrogens is 226 g/mol. The van der Waals surface area contributed by atoms with Crippen LogP contribution in [0.15, 0.2) is 12.4 Å². The van der Waals surface area contributed by atoms with Crippen LogP contribution in [-0.4, -0.2) is 41.2 Å². The molecule has 1 fully saturated rings. The molecule has 0 aromatic carbocycles. The van der Waals surface area contributed by atoms with E-state index in [1.165, 1.54) is 0 Å². The molecule has 0 unspecified atom stereocenters. The Labute approximate surface area is 101 Å². The molecule has 4 nitrogen and oxygen atoms in total. The molecular formula is C11H16ClN3O. The summed E-state index contributed by atoms with van der Waals surface area (Å²) in [5, 5.41) is 0.442. The normalized spacial score (nSPS) is 17.9. The second kappa shape index (κ2) is 5.57. The lowest BCUT2D eigenvalue weighted by Crippen LogP contribution is -2.36. The molecule has 5 heteroatoms. The van der Waals surface area contributed by atoms with E-state index >= 15 is 0 Å². The molecule has 0 aliphatic carbocycles. The quantitative estimate of drug-likeness (QED) is 0.808. The molecule has 0 N–H and O–H groups in total. The average molecular weight is 242 g/mol. The minimum atomic E-state index is 0.442. The Hall–Kier alpha value is -0.710. The molecule has 1 aliphatic rings. The summed E-state index contributed by atoms with van der Waals surface area (Å²) >= 11 is 5.69. The zero-order valence-corrected chi connectivity index (χ0v) is 10.2. The van der Waals surface area contributed by atoms with E-state index in [-0.39, 0.29) is 0 Å². The minimum Gasteiger partial charge on any atom is -0.381 e. The number of hydrogen-bond donors (Lipinski definition) is 0. The van der Waals surface area contributed by atoms with Gasteiger partial charge in [-0.05, 0) is 19.9 Å². The van der Waals surface area contributed by atoms with Gasteiger partial charge < -0.3 is 4.74 Å². The summed E-state index contributed by atoms with van der Waals surface area (Å²) in [5.74, 6) is 0. The topological polar surface area (TPSA) is 38.2 Å². The van der Waals surface area contributed by atoms with Gasteiger partial charge >= 0.3 is 0 Å². The third-order valence-corrected chi connectivity index (χ3v) is 3.09. The highest BCUT2D eigenvalue weighted by Gasteiger charge is 2.18. The van der Waals surface area contributed by atoms with Crippen LogP contribution in [0.1, 0.15) is 18.5 Å². The smallest absolute Gasteiger partial charge is 0.147 e. The molecule has 1 aromatic heterocycles. The summed E-state index contributed by atoms with van der Waals surface area (Å²) in [5.41, 5.74) is 0.957. The van der Waals surface area contributed by atoms with Crippen molar-refractivity contribution in [1.29, 1.82) is 0 Å². The Bertz CT molecular complexity index is 325. The summed E-state index contributed by atoms with van der Waals surface area (Å²) in [6.07, 6.45) is 5.52. The highest BCUT2D eigenvalue weighted by molar-refractivity contribution is 6.29. The third kappa shape index (κ3) is 3.14. The standard InChI is InChI=1S/C11H16ClN3O/c1-15(10-2-4-16-5-3-10)8-9-6-14-11(12)7-13-9/h6-7,10H,2-5,8H2,1H3. The highest BCUT2D eigenvalue weighted by atomic mass is 35.5. The van der Waals surface area contributed by atoms with Crippen LogP contribution in [-0.2, 0) is 11.3 Å². The first-order chi connectivity index (χ1) is 7.75. The largest absolute Gasteiger partial charge is 0.381 e. The lowest BCUT2D eigenvalue weighted by atomic mass is 10.1. The van der Waals surface area contributed by atoms with Gasteiger partial charge in [-0.25, -0.2) is 4.98 Å². The van der Waals surface area contributed by atoms with E-state index in [0.717, 1.165) is 38.3 Å². The van der Waals surface area contributed by atoms with Gasteiger partial charge in [0.05, 0.1) is 18.1 Å². The van der Waals surface area contributed by atoms with Crippen LogP contribution >= 0.6 is 11.6 Å². The molecule has 1 aromatic rings. The molecule has 0 spiro atoms. The van der Waals surface area contributed by atoms with Crippen molar-refractivity contribution in [2.75, 3.05) is 20.3 Å². The second-order valence-electron chi connectivity index (χ2n) is 4.09. The number of rotatable bonds is 3. The van der Waals surface area contributed by atoms with E-state index in [9.17, 15) is 0 Å². The van der Waals surface area contributed by atoms with Crippen molar-refractivity contribution in [3.8, 4) is 0 Å². The molecule has 2 heterocycles. The molecule has 1 saturated heterocycles. The van der Waals surface area contributed by atoms with Gasteiger partial charge in [0.2, 0.25) is 0 Å². The summed E-state index contributed by atoms with van der Waals surface area (Å²) in [6, 6.07) is 0.589. The molecule has 0 atom stereocenters. The van der Waals surface area contributed by atoms with Crippen LogP contribution in [0.4, 0.5) is 0 Å². The van der Waals surface area contributed by atoms with Crippen molar-refractivity contribution in [2.24, 2.45) is 0 Å². The van der Waals surface area contributed by atoms with E-state index in [4.69, 9.17) is 16.3 Å². The fourth-order valence-corrected chi connectivity index (χ4v) is 2.03. The van der Waals surface area contributed by atoms with Gasteiger partial charge in [0.25, 0.3) is 0 Å². The Morgan fingerprint density at radius 3 is 2.75 bits per heavy atom. The van der Waals surface area contributed by atoms with Crippen LogP contribution in [0.25, 0.3) is 0 Å². The third-order valence-electron chi connectivity index (χ3n) is 2.90. The van der Waals surface area contributed by atoms with Crippen molar-refractivity contribution in [3.05, 3.63) is 23.2 Å². The fraction of sp³-hybridized carbons (Fsp3) is 0.636. The van der Waals surface area contributed by atoms with Crippen LogP contribution in [0.3, 0.4) is 0 Å². The van der Waals surface area contributed by atoms with Gasteiger partial charge in [-0.3, -0.25) is 9.88 Å². The van der Waals surface area contributed by atoms with Gasteiger partial charge in [-0.1, -0.05) is 11.6 Å². The van der Waals surface area contributed by atoms with Crippen molar-refractivity contribution >= 4 is 11.6 Å². The summed E-state index contributed by atoms with van der Waals surface area (Å²) < 4.78 is 5.34. The van der Waals surface area contributed by atoms with Crippen molar-refractivity contribution in [3.63, 3.8) is 0 Å². The monoisotopic (exact) mass is 241 g/mol. The van der Waals surface area contributed by atoms with E-state index in [1.807, 2.05) is 0 Å². The second-order valence-corrected chi connectivity index (χ2v) is 4.48. The van der Waals surface area contributed by atoms with Crippen LogP contribution < -0.4 is 0 Å². The first kappa shape index (κ1) is 11.8. The van der Waals surface area contributed by atoms with Gasteiger partial charge in [-0.15, -0.1) is 0 Å². The van der Waals surface area contributed by atoms with Crippen molar-refractivity contribution in [2.45, 2.75) is 25.4 Å². The number of nitrogens with zero attached hydrogens (tertiary/aromatic N) is 3. The first-order valence-corrected chi connectivity index (χ1v) is 5.88. The molecule has 0 bridgehead atoms. The van der Waals surface area contributed by atoms with Gasteiger partial charge in [0.15, 0.2) is 0 Å². The fourth-order valence-electron chi connectivity index (χ4n) is 1.93. The molecule has 1 aliphatic heterocycles. The summed E-state index contributed by atoms with van der Waals surface area (Å²) in [4.78, 5) is 10.6. The van der Waals surface area contributed by atoms with Gasteiger partial charge in [0, 0.05) is 25.8 Å². The molecule has 2 rings (SSSR count). The Kier molecular flexibility index (Phi) is 4.09. The van der Waals surface area contributed by atoms with E-state index in [0.29, 0.717) is 11.2 Å². The summed E-state index contributed by atoms with van der Waals surface area (Å²) in [7, 11) is 2.12. The Morgan fingerprint density at radius 1 is 1.38 bits per heavy atom.